The highest BCUT2D eigenvalue weighted by atomic mass is 32.1. The van der Waals surface area contributed by atoms with Gasteiger partial charge in [-0.05, 0) is 30.5 Å². The summed E-state index contributed by atoms with van der Waals surface area (Å²) in [5.41, 5.74) is 2.69. The van der Waals surface area contributed by atoms with Gasteiger partial charge in [0, 0.05) is 24.0 Å². The molecule has 106 valence electrons. The Kier molecular flexibility index (Phi) is 4.03. The van der Waals surface area contributed by atoms with E-state index in [1.807, 2.05) is 11.6 Å². The van der Waals surface area contributed by atoms with E-state index >= 15 is 0 Å². The van der Waals surface area contributed by atoms with Gasteiger partial charge in [0.25, 0.3) is 0 Å². The number of hydrogen-bond donors (Lipinski definition) is 1. The summed E-state index contributed by atoms with van der Waals surface area (Å²) in [6, 6.07) is 7.22. The Morgan fingerprint density at radius 2 is 2.35 bits per heavy atom. The van der Waals surface area contributed by atoms with Gasteiger partial charge in [-0.1, -0.05) is 19.1 Å². The second kappa shape index (κ2) is 5.94. The van der Waals surface area contributed by atoms with E-state index in [9.17, 15) is 0 Å². The minimum Gasteiger partial charge on any atom is -0.493 e. The summed E-state index contributed by atoms with van der Waals surface area (Å²) in [6.45, 7) is 5.21. The quantitative estimate of drug-likeness (QED) is 0.906. The van der Waals surface area contributed by atoms with E-state index in [-0.39, 0.29) is 6.04 Å². The van der Waals surface area contributed by atoms with E-state index in [0.29, 0.717) is 6.04 Å². The largest absolute Gasteiger partial charge is 0.493 e. The number of hydrogen-bond acceptors (Lipinski definition) is 4. The second-order valence-electron chi connectivity index (χ2n) is 5.19. The number of fused-ring (bicyclic) bond motifs is 1. The van der Waals surface area contributed by atoms with Crippen LogP contribution >= 0.6 is 11.3 Å². The van der Waals surface area contributed by atoms with Crippen molar-refractivity contribution < 1.29 is 4.74 Å². The van der Waals surface area contributed by atoms with Crippen LogP contribution in [-0.2, 0) is 6.42 Å². The molecule has 3 nitrogen and oxygen atoms in total. The fraction of sp³-hybridized carbons (Fsp3) is 0.438. The van der Waals surface area contributed by atoms with Crippen LogP contribution in [-0.4, -0.2) is 11.6 Å². The van der Waals surface area contributed by atoms with Crippen LogP contribution in [0.2, 0.25) is 0 Å². The van der Waals surface area contributed by atoms with E-state index in [4.69, 9.17) is 4.74 Å². The van der Waals surface area contributed by atoms with Crippen molar-refractivity contribution in [2.24, 2.45) is 0 Å². The number of ether oxygens (including phenoxy) is 1. The summed E-state index contributed by atoms with van der Waals surface area (Å²) in [5.74, 6) is 1.05. The molecule has 4 heteroatoms. The highest BCUT2D eigenvalue weighted by Gasteiger charge is 2.18. The molecule has 0 fully saturated rings. The SMILES string of the molecule is CCC(NC(C)c1nccs1)c1ccc2c(c1)CCO2. The maximum absolute atomic E-state index is 5.58. The van der Waals surface area contributed by atoms with Crippen molar-refractivity contribution in [2.75, 3.05) is 6.61 Å². The molecule has 2 heterocycles. The Labute approximate surface area is 124 Å². The number of rotatable bonds is 5. The average Bonchev–Trinajstić information content (AvgIpc) is 3.14. The molecule has 1 aromatic carbocycles. The molecule has 0 spiro atoms. The van der Waals surface area contributed by atoms with Gasteiger partial charge in [-0.2, -0.15) is 0 Å². The zero-order valence-corrected chi connectivity index (χ0v) is 12.7. The van der Waals surface area contributed by atoms with Gasteiger partial charge < -0.3 is 10.1 Å². The Bertz CT molecular complexity index is 568. The number of benzene rings is 1. The minimum atomic E-state index is 0.282. The molecule has 1 aliphatic heterocycles. The van der Waals surface area contributed by atoms with Crippen molar-refractivity contribution in [3.8, 4) is 5.75 Å². The average molecular weight is 288 g/mol. The monoisotopic (exact) mass is 288 g/mol. The second-order valence-corrected chi connectivity index (χ2v) is 6.11. The predicted molar refractivity (Wildman–Crippen MR) is 82.3 cm³/mol. The standard InChI is InChI=1S/C16H20N2OS/c1-3-14(18-11(2)16-17-7-9-20-16)12-4-5-15-13(10-12)6-8-19-15/h4-5,7,9-11,14,18H,3,6,8H2,1-2H3. The van der Waals surface area contributed by atoms with Crippen molar-refractivity contribution in [1.82, 2.24) is 10.3 Å². The van der Waals surface area contributed by atoms with Gasteiger partial charge in [-0.3, -0.25) is 0 Å². The summed E-state index contributed by atoms with van der Waals surface area (Å²) in [6.07, 6.45) is 3.96. The van der Waals surface area contributed by atoms with Crippen molar-refractivity contribution in [3.05, 3.63) is 45.9 Å². The van der Waals surface area contributed by atoms with Crippen LogP contribution in [0.5, 0.6) is 5.75 Å². The number of nitrogens with one attached hydrogen (secondary N) is 1. The lowest BCUT2D eigenvalue weighted by molar-refractivity contribution is 0.356. The number of aromatic nitrogens is 1. The minimum absolute atomic E-state index is 0.282. The van der Waals surface area contributed by atoms with Crippen molar-refractivity contribution in [3.63, 3.8) is 0 Å². The normalized spacial score (nSPS) is 16.5. The molecule has 0 radical (unpaired) electrons. The fourth-order valence-corrected chi connectivity index (χ4v) is 3.35. The summed E-state index contributed by atoms with van der Waals surface area (Å²) < 4.78 is 5.58. The van der Waals surface area contributed by atoms with Crippen molar-refractivity contribution in [1.29, 1.82) is 0 Å². The van der Waals surface area contributed by atoms with E-state index < -0.39 is 0 Å². The van der Waals surface area contributed by atoms with E-state index in [1.165, 1.54) is 11.1 Å². The van der Waals surface area contributed by atoms with Crippen LogP contribution in [0.1, 0.15) is 48.5 Å². The Hall–Kier alpha value is -1.39. The van der Waals surface area contributed by atoms with Crippen LogP contribution in [0.15, 0.2) is 29.8 Å². The third kappa shape index (κ3) is 2.72. The van der Waals surface area contributed by atoms with Crippen LogP contribution < -0.4 is 10.1 Å². The molecule has 0 saturated carbocycles. The molecule has 2 unspecified atom stereocenters. The third-order valence-corrected chi connectivity index (χ3v) is 4.76. The predicted octanol–water partition coefficient (Wildman–Crippen LogP) is 3.88. The molecular formula is C16H20N2OS. The van der Waals surface area contributed by atoms with Crippen LogP contribution in [0.3, 0.4) is 0 Å². The van der Waals surface area contributed by atoms with Gasteiger partial charge in [0.1, 0.15) is 10.8 Å². The van der Waals surface area contributed by atoms with Gasteiger partial charge in [-0.15, -0.1) is 11.3 Å². The molecule has 0 amide bonds. The molecular weight excluding hydrogens is 268 g/mol. The smallest absolute Gasteiger partial charge is 0.122 e. The highest BCUT2D eigenvalue weighted by molar-refractivity contribution is 7.09. The summed E-state index contributed by atoms with van der Waals surface area (Å²) in [5, 5.41) is 6.86. The molecule has 0 saturated heterocycles. The van der Waals surface area contributed by atoms with Gasteiger partial charge in [0.05, 0.1) is 12.6 Å². The molecule has 2 atom stereocenters. The topological polar surface area (TPSA) is 34.2 Å². The number of thiazole rings is 1. The first-order valence-corrected chi connectivity index (χ1v) is 8.07. The fourth-order valence-electron chi connectivity index (χ4n) is 2.69. The Morgan fingerprint density at radius 3 is 3.10 bits per heavy atom. The third-order valence-electron chi connectivity index (χ3n) is 3.80. The first-order chi connectivity index (χ1) is 9.78. The van der Waals surface area contributed by atoms with E-state index in [2.05, 4.69) is 42.3 Å². The first-order valence-electron chi connectivity index (χ1n) is 7.19. The summed E-state index contributed by atoms with van der Waals surface area (Å²) in [7, 11) is 0. The van der Waals surface area contributed by atoms with Crippen molar-refractivity contribution in [2.45, 2.75) is 38.8 Å². The van der Waals surface area contributed by atoms with Crippen molar-refractivity contribution >= 4 is 11.3 Å². The lowest BCUT2D eigenvalue weighted by atomic mass is 10.00. The van der Waals surface area contributed by atoms with Crippen LogP contribution in [0.4, 0.5) is 0 Å². The first kappa shape index (κ1) is 13.6. The summed E-state index contributed by atoms with van der Waals surface area (Å²) >= 11 is 1.71. The summed E-state index contributed by atoms with van der Waals surface area (Å²) in [4.78, 5) is 4.39. The molecule has 1 N–H and O–H groups in total. The molecule has 2 aromatic rings. The Morgan fingerprint density at radius 1 is 1.45 bits per heavy atom. The van der Waals surface area contributed by atoms with Gasteiger partial charge in [0.2, 0.25) is 0 Å². The lowest BCUT2D eigenvalue weighted by Gasteiger charge is -2.22. The maximum atomic E-state index is 5.58. The Balaban J connectivity index is 1.76. The highest BCUT2D eigenvalue weighted by Crippen LogP contribution is 2.30. The lowest BCUT2D eigenvalue weighted by Crippen LogP contribution is -2.24. The molecule has 3 rings (SSSR count). The van der Waals surface area contributed by atoms with E-state index in [0.717, 1.165) is 30.2 Å². The molecule has 20 heavy (non-hydrogen) atoms. The molecule has 0 bridgehead atoms. The number of nitrogens with zero attached hydrogens (tertiary/aromatic N) is 1. The van der Waals surface area contributed by atoms with Crippen LogP contribution in [0, 0.1) is 0 Å². The van der Waals surface area contributed by atoms with Gasteiger partial charge >= 0.3 is 0 Å². The maximum Gasteiger partial charge on any atom is 0.122 e. The molecule has 0 aliphatic carbocycles. The molecule has 1 aromatic heterocycles. The van der Waals surface area contributed by atoms with Crippen LogP contribution in [0.25, 0.3) is 0 Å². The zero-order valence-electron chi connectivity index (χ0n) is 11.9. The zero-order chi connectivity index (χ0) is 13.9. The van der Waals surface area contributed by atoms with Gasteiger partial charge in [0.15, 0.2) is 0 Å². The molecule has 1 aliphatic rings. The van der Waals surface area contributed by atoms with E-state index in [1.54, 1.807) is 11.3 Å². The van der Waals surface area contributed by atoms with Gasteiger partial charge in [-0.25, -0.2) is 4.98 Å².